The van der Waals surface area contributed by atoms with Gasteiger partial charge in [0.25, 0.3) is 0 Å². The van der Waals surface area contributed by atoms with E-state index in [-0.39, 0.29) is 41.1 Å². The average molecular weight is 643 g/mol. The standard InChI is InChI=1S/C34H31FN4O6S/c1-45-33(42)31-27-19-26(23-6-5-7-24(18-23)29(41)20-34(13-14-34)30-8-3-4-15-36-30)28(39(16-17-40)46(2,43)44)21-38(27)37-32(31)22-9-11-25(35)12-10-22/h3-12,15,18-19,21,40H,13-14,16-17,20H2,1-2H3. The van der Waals surface area contributed by atoms with E-state index in [1.807, 2.05) is 18.2 Å². The molecule has 12 heteroatoms. The molecule has 1 fully saturated rings. The minimum atomic E-state index is -3.91. The number of carbonyl (C=O) groups is 2. The number of ketones is 1. The lowest BCUT2D eigenvalue weighted by Gasteiger charge is -2.24. The van der Waals surface area contributed by atoms with Crippen LogP contribution in [-0.4, -0.2) is 66.4 Å². The first-order chi connectivity index (χ1) is 22.0. The fourth-order valence-electron chi connectivity index (χ4n) is 5.80. The number of nitrogens with zero attached hydrogens (tertiary/aromatic N) is 4. The molecule has 2 aromatic carbocycles. The van der Waals surface area contributed by atoms with Crippen LogP contribution in [0.15, 0.2) is 85.2 Å². The maximum atomic E-state index is 13.7. The number of aromatic nitrogens is 3. The van der Waals surface area contributed by atoms with E-state index < -0.39 is 28.4 Å². The first-order valence-electron chi connectivity index (χ1n) is 14.6. The Morgan fingerprint density at radius 2 is 1.80 bits per heavy atom. The molecular formula is C34H31FN4O6S. The van der Waals surface area contributed by atoms with Gasteiger partial charge in [0.05, 0.1) is 43.9 Å². The van der Waals surface area contributed by atoms with Crippen molar-refractivity contribution in [3.63, 3.8) is 0 Å². The van der Waals surface area contributed by atoms with Gasteiger partial charge in [-0.1, -0.05) is 24.3 Å². The van der Waals surface area contributed by atoms with E-state index in [4.69, 9.17) is 4.74 Å². The van der Waals surface area contributed by atoms with Gasteiger partial charge in [0.2, 0.25) is 10.0 Å². The Hall–Kier alpha value is -4.94. The molecule has 5 aromatic rings. The van der Waals surface area contributed by atoms with Crippen LogP contribution in [0.25, 0.3) is 27.9 Å². The SMILES string of the molecule is COC(=O)c1c(-c2ccc(F)cc2)nn2cc(N(CCO)S(C)(=O)=O)c(-c3cccc(C(=O)CC4(c5ccccn5)CC4)c3)cc12. The van der Waals surface area contributed by atoms with Crippen LogP contribution < -0.4 is 4.31 Å². The third kappa shape index (κ3) is 5.88. The second-order valence-electron chi connectivity index (χ2n) is 11.4. The van der Waals surface area contributed by atoms with Crippen molar-refractivity contribution in [1.82, 2.24) is 14.6 Å². The number of rotatable bonds is 11. The molecule has 6 rings (SSSR count). The molecular weight excluding hydrogens is 611 g/mol. The highest BCUT2D eigenvalue weighted by Crippen LogP contribution is 2.51. The summed E-state index contributed by atoms with van der Waals surface area (Å²) in [6.45, 7) is -0.718. The third-order valence-corrected chi connectivity index (χ3v) is 9.46. The van der Waals surface area contributed by atoms with Gasteiger partial charge in [-0.25, -0.2) is 22.1 Å². The maximum absolute atomic E-state index is 13.7. The van der Waals surface area contributed by atoms with Crippen molar-refractivity contribution in [3.8, 4) is 22.4 Å². The van der Waals surface area contributed by atoms with E-state index in [0.29, 0.717) is 27.8 Å². The summed E-state index contributed by atoms with van der Waals surface area (Å²) in [5.41, 5.74) is 3.11. The Bertz CT molecular complexity index is 2060. The van der Waals surface area contributed by atoms with Gasteiger partial charge in [0, 0.05) is 40.4 Å². The Kier molecular flexibility index (Phi) is 8.17. The predicted molar refractivity (Wildman–Crippen MR) is 171 cm³/mol. The Morgan fingerprint density at radius 3 is 2.43 bits per heavy atom. The van der Waals surface area contributed by atoms with Crippen LogP contribution >= 0.6 is 0 Å². The minimum Gasteiger partial charge on any atom is -0.465 e. The number of sulfonamides is 1. The minimum absolute atomic E-state index is 0.0823. The van der Waals surface area contributed by atoms with E-state index in [0.717, 1.165) is 29.1 Å². The number of esters is 1. The summed E-state index contributed by atoms with van der Waals surface area (Å²) in [5.74, 6) is -1.25. The second-order valence-corrected chi connectivity index (χ2v) is 13.3. The van der Waals surface area contributed by atoms with Crippen LogP contribution in [-0.2, 0) is 20.2 Å². The number of benzene rings is 2. The van der Waals surface area contributed by atoms with Crippen molar-refractivity contribution >= 4 is 33.0 Å². The highest BCUT2D eigenvalue weighted by molar-refractivity contribution is 7.92. The lowest BCUT2D eigenvalue weighted by molar-refractivity contribution is 0.0603. The van der Waals surface area contributed by atoms with Crippen LogP contribution in [0.4, 0.5) is 10.1 Å². The highest BCUT2D eigenvalue weighted by atomic mass is 32.2. The molecule has 0 radical (unpaired) electrons. The highest BCUT2D eigenvalue weighted by Gasteiger charge is 2.47. The van der Waals surface area contributed by atoms with Gasteiger partial charge in [0.15, 0.2) is 5.78 Å². The summed E-state index contributed by atoms with van der Waals surface area (Å²) in [5, 5.41) is 14.4. The molecule has 0 bridgehead atoms. The van der Waals surface area contributed by atoms with Gasteiger partial charge in [-0.05, 0) is 66.9 Å². The molecule has 3 heterocycles. The summed E-state index contributed by atoms with van der Waals surface area (Å²) in [4.78, 5) is 31.3. The lowest BCUT2D eigenvalue weighted by atomic mass is 9.91. The zero-order valence-corrected chi connectivity index (χ0v) is 26.0. The number of halogens is 1. The first kappa shape index (κ1) is 31.1. The van der Waals surface area contributed by atoms with E-state index in [2.05, 4.69) is 10.1 Å². The van der Waals surface area contributed by atoms with Gasteiger partial charge in [0.1, 0.15) is 17.1 Å². The number of aliphatic hydroxyl groups excluding tert-OH is 1. The van der Waals surface area contributed by atoms with Crippen LogP contribution in [0, 0.1) is 5.82 Å². The Balaban J connectivity index is 1.52. The molecule has 1 N–H and O–H groups in total. The van der Waals surface area contributed by atoms with Crippen molar-refractivity contribution in [2.45, 2.75) is 24.7 Å². The number of hydrogen-bond acceptors (Lipinski definition) is 8. The molecule has 0 amide bonds. The summed E-state index contributed by atoms with van der Waals surface area (Å²) in [6, 6.07) is 19.6. The largest absolute Gasteiger partial charge is 0.465 e. The van der Waals surface area contributed by atoms with Crippen molar-refractivity contribution in [1.29, 1.82) is 0 Å². The normalized spacial score (nSPS) is 13.8. The average Bonchev–Trinajstić information content (AvgIpc) is 3.74. The fraction of sp³-hybridized carbons (Fsp3) is 0.235. The van der Waals surface area contributed by atoms with E-state index in [1.54, 1.807) is 36.5 Å². The number of methoxy groups -OCH3 is 1. The predicted octanol–water partition coefficient (Wildman–Crippen LogP) is 5.05. The summed E-state index contributed by atoms with van der Waals surface area (Å²) < 4.78 is 47.3. The van der Waals surface area contributed by atoms with Crippen LogP contribution in [0.2, 0.25) is 0 Å². The number of ether oxygens (including phenoxy) is 1. The number of hydrogen-bond donors (Lipinski definition) is 1. The molecule has 0 aliphatic heterocycles. The van der Waals surface area contributed by atoms with Gasteiger partial charge >= 0.3 is 5.97 Å². The molecule has 0 spiro atoms. The summed E-state index contributed by atoms with van der Waals surface area (Å²) in [6.07, 6.45) is 6.18. The molecule has 1 saturated carbocycles. The molecule has 0 saturated heterocycles. The fourth-order valence-corrected chi connectivity index (χ4v) is 6.72. The smallest absolute Gasteiger partial charge is 0.342 e. The number of carbonyl (C=O) groups excluding carboxylic acids is 2. The van der Waals surface area contributed by atoms with Crippen LogP contribution in [0.5, 0.6) is 0 Å². The van der Waals surface area contributed by atoms with Crippen molar-refractivity contribution in [2.75, 3.05) is 30.8 Å². The quantitative estimate of drug-likeness (QED) is 0.156. The summed E-state index contributed by atoms with van der Waals surface area (Å²) in [7, 11) is -2.68. The molecule has 3 aromatic heterocycles. The lowest BCUT2D eigenvalue weighted by Crippen LogP contribution is -2.33. The van der Waals surface area contributed by atoms with Gasteiger partial charge in [-0.15, -0.1) is 0 Å². The number of anilines is 1. The first-order valence-corrected chi connectivity index (χ1v) is 16.4. The molecule has 1 aliphatic rings. The van der Waals surface area contributed by atoms with E-state index in [9.17, 15) is 27.5 Å². The van der Waals surface area contributed by atoms with Crippen molar-refractivity contribution < 1.29 is 32.2 Å². The topological polar surface area (TPSA) is 131 Å². The van der Waals surface area contributed by atoms with Gasteiger partial charge in [-0.3, -0.25) is 14.1 Å². The second kappa shape index (κ2) is 12.1. The number of aliphatic hydroxyl groups is 1. The van der Waals surface area contributed by atoms with Crippen LogP contribution in [0.1, 0.15) is 45.7 Å². The van der Waals surface area contributed by atoms with Crippen LogP contribution in [0.3, 0.4) is 0 Å². The Labute approximate surface area is 265 Å². The molecule has 236 valence electrons. The zero-order chi connectivity index (χ0) is 32.6. The number of Topliss-reactive ketones (excluding diaryl/α,β-unsaturated/α-hetero) is 1. The van der Waals surface area contributed by atoms with Gasteiger partial charge < -0.3 is 9.84 Å². The van der Waals surface area contributed by atoms with Gasteiger partial charge in [-0.2, -0.15) is 5.10 Å². The maximum Gasteiger partial charge on any atom is 0.342 e. The number of fused-ring (bicyclic) bond motifs is 1. The monoisotopic (exact) mass is 642 g/mol. The molecule has 0 atom stereocenters. The number of pyridine rings is 2. The molecule has 0 unspecified atom stereocenters. The van der Waals surface area contributed by atoms with E-state index >= 15 is 0 Å². The molecule has 1 aliphatic carbocycles. The zero-order valence-electron chi connectivity index (χ0n) is 25.2. The Morgan fingerprint density at radius 1 is 1.04 bits per heavy atom. The van der Waals surface area contributed by atoms with E-state index in [1.165, 1.54) is 42.1 Å². The molecule has 10 nitrogen and oxygen atoms in total. The van der Waals surface area contributed by atoms with Crippen molar-refractivity contribution in [3.05, 3.63) is 108 Å². The third-order valence-electron chi connectivity index (χ3n) is 8.28. The molecule has 46 heavy (non-hydrogen) atoms. The van der Waals surface area contributed by atoms with Crippen molar-refractivity contribution in [2.24, 2.45) is 0 Å². The summed E-state index contributed by atoms with van der Waals surface area (Å²) >= 11 is 0.